The van der Waals surface area contributed by atoms with Gasteiger partial charge in [0, 0.05) is 11.8 Å². The van der Waals surface area contributed by atoms with Crippen molar-refractivity contribution >= 4 is 23.4 Å². The average Bonchev–Trinajstić information content (AvgIpc) is 2.41. The molecule has 5 nitrogen and oxygen atoms in total. The molecule has 1 heterocycles. The molecule has 0 radical (unpaired) electrons. The van der Waals surface area contributed by atoms with Crippen LogP contribution in [0.2, 0.25) is 5.02 Å². The van der Waals surface area contributed by atoms with Gasteiger partial charge in [0.15, 0.2) is 0 Å². The van der Waals surface area contributed by atoms with E-state index in [-0.39, 0.29) is 5.60 Å². The fraction of sp³-hybridized carbons (Fsp3) is 0.588. The Kier molecular flexibility index (Phi) is 5.42. The van der Waals surface area contributed by atoms with E-state index < -0.39 is 11.7 Å². The van der Waals surface area contributed by atoms with Crippen molar-refractivity contribution in [3.05, 3.63) is 23.2 Å². The van der Waals surface area contributed by atoms with Crippen molar-refractivity contribution in [1.29, 1.82) is 0 Å². The number of nitrogens with one attached hydrogen (secondary N) is 2. The van der Waals surface area contributed by atoms with Gasteiger partial charge >= 0.3 is 6.09 Å². The van der Waals surface area contributed by atoms with Crippen LogP contribution in [-0.4, -0.2) is 30.4 Å². The number of carbonyl (C=O) groups is 1. The van der Waals surface area contributed by atoms with Crippen molar-refractivity contribution in [3.63, 3.8) is 0 Å². The molecule has 2 rings (SSSR count). The lowest BCUT2D eigenvalue weighted by Gasteiger charge is -2.35. The van der Waals surface area contributed by atoms with Crippen LogP contribution in [0.4, 0.5) is 10.5 Å². The van der Waals surface area contributed by atoms with Gasteiger partial charge in [0.25, 0.3) is 0 Å². The zero-order valence-electron chi connectivity index (χ0n) is 14.2. The van der Waals surface area contributed by atoms with Crippen molar-refractivity contribution in [1.82, 2.24) is 5.32 Å². The van der Waals surface area contributed by atoms with Gasteiger partial charge in [0.2, 0.25) is 0 Å². The third-order valence-electron chi connectivity index (χ3n) is 3.59. The summed E-state index contributed by atoms with van der Waals surface area (Å²) in [6.45, 7) is 9.38. The van der Waals surface area contributed by atoms with Crippen LogP contribution in [0.1, 0.15) is 40.5 Å². The SMILES string of the molecule is CC(C)(C)OC(=O)Nc1ccc(Cl)c(OC2(C)CCNCC2)c1. The van der Waals surface area contributed by atoms with Crippen LogP contribution in [0.15, 0.2) is 18.2 Å². The second-order valence-corrected chi connectivity index (χ2v) is 7.48. The van der Waals surface area contributed by atoms with E-state index in [0.29, 0.717) is 16.5 Å². The van der Waals surface area contributed by atoms with E-state index in [9.17, 15) is 4.79 Å². The summed E-state index contributed by atoms with van der Waals surface area (Å²) < 4.78 is 11.4. The van der Waals surface area contributed by atoms with E-state index in [2.05, 4.69) is 17.6 Å². The first kappa shape index (κ1) is 17.9. The molecule has 0 spiro atoms. The molecule has 1 aliphatic rings. The number of ether oxygens (including phenoxy) is 2. The number of hydrogen-bond donors (Lipinski definition) is 2. The van der Waals surface area contributed by atoms with Crippen LogP contribution in [-0.2, 0) is 4.74 Å². The number of amides is 1. The number of halogens is 1. The third-order valence-corrected chi connectivity index (χ3v) is 3.91. The topological polar surface area (TPSA) is 59.6 Å². The fourth-order valence-corrected chi connectivity index (χ4v) is 2.56. The highest BCUT2D eigenvalue weighted by molar-refractivity contribution is 6.32. The van der Waals surface area contributed by atoms with E-state index in [1.54, 1.807) is 18.2 Å². The van der Waals surface area contributed by atoms with E-state index in [1.807, 2.05) is 20.8 Å². The lowest BCUT2D eigenvalue weighted by molar-refractivity contribution is 0.0557. The predicted molar refractivity (Wildman–Crippen MR) is 92.4 cm³/mol. The fourth-order valence-electron chi connectivity index (χ4n) is 2.40. The van der Waals surface area contributed by atoms with Crippen LogP contribution in [0.3, 0.4) is 0 Å². The molecule has 23 heavy (non-hydrogen) atoms. The van der Waals surface area contributed by atoms with Crippen molar-refractivity contribution in [3.8, 4) is 5.75 Å². The van der Waals surface area contributed by atoms with E-state index in [0.717, 1.165) is 25.9 Å². The molecule has 2 N–H and O–H groups in total. The van der Waals surface area contributed by atoms with Gasteiger partial charge in [0.05, 0.1) is 5.02 Å². The molecular weight excluding hydrogens is 316 g/mol. The first-order valence-electron chi connectivity index (χ1n) is 7.86. The Morgan fingerprint density at radius 3 is 2.57 bits per heavy atom. The van der Waals surface area contributed by atoms with Crippen molar-refractivity contribution in [2.24, 2.45) is 0 Å². The predicted octanol–water partition coefficient (Wildman–Crippen LogP) is 4.21. The highest BCUT2D eigenvalue weighted by Crippen LogP contribution is 2.33. The number of piperidine rings is 1. The van der Waals surface area contributed by atoms with Crippen molar-refractivity contribution in [2.45, 2.75) is 51.7 Å². The third kappa shape index (κ3) is 5.59. The van der Waals surface area contributed by atoms with Crippen LogP contribution in [0, 0.1) is 0 Å². The highest BCUT2D eigenvalue weighted by Gasteiger charge is 2.29. The molecule has 1 aromatic carbocycles. The molecule has 0 saturated carbocycles. The van der Waals surface area contributed by atoms with Gasteiger partial charge < -0.3 is 14.8 Å². The summed E-state index contributed by atoms with van der Waals surface area (Å²) in [6, 6.07) is 5.18. The minimum absolute atomic E-state index is 0.251. The summed E-state index contributed by atoms with van der Waals surface area (Å²) in [5, 5.41) is 6.54. The molecule has 1 fully saturated rings. The highest BCUT2D eigenvalue weighted by atomic mass is 35.5. The summed E-state index contributed by atoms with van der Waals surface area (Å²) in [6.07, 6.45) is 1.32. The number of benzene rings is 1. The molecule has 128 valence electrons. The number of hydrogen-bond acceptors (Lipinski definition) is 4. The summed E-state index contributed by atoms with van der Waals surface area (Å²) in [7, 11) is 0. The zero-order valence-corrected chi connectivity index (χ0v) is 14.9. The van der Waals surface area contributed by atoms with Crippen LogP contribution >= 0.6 is 11.6 Å². The zero-order chi connectivity index (χ0) is 17.1. The van der Waals surface area contributed by atoms with Crippen LogP contribution in [0.5, 0.6) is 5.75 Å². The van der Waals surface area contributed by atoms with E-state index in [4.69, 9.17) is 21.1 Å². The summed E-state index contributed by atoms with van der Waals surface area (Å²) in [4.78, 5) is 11.9. The molecule has 0 atom stereocenters. The standard InChI is InChI=1S/C17H25ClN2O3/c1-16(2,3)23-15(21)20-12-5-6-13(18)14(11-12)22-17(4)7-9-19-10-8-17/h5-6,11,19H,7-10H2,1-4H3,(H,20,21). The number of anilines is 1. The van der Waals surface area contributed by atoms with Crippen LogP contribution in [0.25, 0.3) is 0 Å². The van der Waals surface area contributed by atoms with E-state index >= 15 is 0 Å². The molecule has 1 aromatic rings. The Morgan fingerprint density at radius 2 is 1.96 bits per heavy atom. The smallest absolute Gasteiger partial charge is 0.412 e. The normalized spacial score (nSPS) is 17.4. The maximum atomic E-state index is 11.9. The quantitative estimate of drug-likeness (QED) is 0.865. The Morgan fingerprint density at radius 1 is 1.30 bits per heavy atom. The minimum atomic E-state index is -0.543. The number of carbonyl (C=O) groups excluding carboxylic acids is 1. The molecule has 1 saturated heterocycles. The molecular formula is C17H25ClN2O3. The number of rotatable bonds is 3. The first-order chi connectivity index (χ1) is 10.7. The molecule has 1 amide bonds. The summed E-state index contributed by atoms with van der Waals surface area (Å²) in [5.74, 6) is 0.574. The van der Waals surface area contributed by atoms with Crippen molar-refractivity contribution in [2.75, 3.05) is 18.4 Å². The molecule has 0 aromatic heterocycles. The lowest BCUT2D eigenvalue weighted by atomic mass is 9.94. The summed E-state index contributed by atoms with van der Waals surface area (Å²) >= 11 is 6.24. The minimum Gasteiger partial charge on any atom is -0.486 e. The first-order valence-corrected chi connectivity index (χ1v) is 8.24. The van der Waals surface area contributed by atoms with Gasteiger partial charge in [-0.05, 0) is 65.8 Å². The van der Waals surface area contributed by atoms with Gasteiger partial charge in [-0.3, -0.25) is 5.32 Å². The van der Waals surface area contributed by atoms with Gasteiger partial charge in [-0.1, -0.05) is 11.6 Å². The van der Waals surface area contributed by atoms with Gasteiger partial charge in [-0.2, -0.15) is 0 Å². The van der Waals surface area contributed by atoms with E-state index in [1.165, 1.54) is 0 Å². The second kappa shape index (κ2) is 6.97. The van der Waals surface area contributed by atoms with Gasteiger partial charge in [-0.25, -0.2) is 4.79 Å². The van der Waals surface area contributed by atoms with Crippen LogP contribution < -0.4 is 15.4 Å². The van der Waals surface area contributed by atoms with Gasteiger partial charge in [-0.15, -0.1) is 0 Å². The second-order valence-electron chi connectivity index (χ2n) is 7.07. The molecule has 1 aliphatic heterocycles. The van der Waals surface area contributed by atoms with Crippen molar-refractivity contribution < 1.29 is 14.3 Å². The summed E-state index contributed by atoms with van der Waals surface area (Å²) in [5.41, 5.74) is -0.200. The maximum absolute atomic E-state index is 11.9. The Labute approximate surface area is 142 Å². The monoisotopic (exact) mass is 340 g/mol. The molecule has 0 aliphatic carbocycles. The average molecular weight is 341 g/mol. The Hall–Kier alpha value is -1.46. The largest absolute Gasteiger partial charge is 0.486 e. The molecule has 0 unspecified atom stereocenters. The van der Waals surface area contributed by atoms with Gasteiger partial charge in [0.1, 0.15) is 17.0 Å². The Balaban J connectivity index is 2.08. The Bertz CT molecular complexity index is 563. The molecule has 0 bridgehead atoms. The maximum Gasteiger partial charge on any atom is 0.412 e. The lowest BCUT2D eigenvalue weighted by Crippen LogP contribution is -2.43. The molecule has 6 heteroatoms.